The fraction of sp³-hybridized carbons (Fsp3) is 0.484. The molecular weight excluding hydrogens is 600 g/mol. The highest BCUT2D eigenvalue weighted by atomic mass is 19.4. The second-order valence-corrected chi connectivity index (χ2v) is 12.7. The Labute approximate surface area is 257 Å². The molecule has 0 atom stereocenters. The van der Waals surface area contributed by atoms with E-state index in [2.05, 4.69) is 15.3 Å². The Bertz CT molecular complexity index is 1530. The molecule has 1 aliphatic rings. The van der Waals surface area contributed by atoms with E-state index in [0.29, 0.717) is 23.1 Å². The van der Waals surface area contributed by atoms with Gasteiger partial charge in [0.25, 0.3) is 0 Å². The van der Waals surface area contributed by atoms with Gasteiger partial charge in [-0.25, -0.2) is 19.0 Å². The van der Waals surface area contributed by atoms with Gasteiger partial charge >= 0.3 is 18.4 Å². The molecule has 2 aromatic heterocycles. The van der Waals surface area contributed by atoms with Crippen LogP contribution in [-0.4, -0.2) is 50.6 Å². The Morgan fingerprint density at radius 3 is 2.16 bits per heavy atom. The Morgan fingerprint density at radius 2 is 1.60 bits per heavy atom. The van der Waals surface area contributed by atoms with Crippen LogP contribution in [-0.2, 0) is 28.8 Å². The van der Waals surface area contributed by atoms with Crippen molar-refractivity contribution in [3.8, 4) is 5.75 Å². The normalized spacial score (nSPS) is 17.0. The first-order chi connectivity index (χ1) is 20.8. The van der Waals surface area contributed by atoms with Crippen LogP contribution < -0.4 is 15.0 Å². The van der Waals surface area contributed by atoms with Crippen molar-refractivity contribution in [2.45, 2.75) is 97.1 Å². The molecule has 10 nitrogen and oxygen atoms in total. The van der Waals surface area contributed by atoms with E-state index in [1.807, 2.05) is 0 Å². The molecule has 0 unspecified atom stereocenters. The number of aromatic nitrogens is 2. The van der Waals surface area contributed by atoms with Crippen LogP contribution in [0, 0.1) is 5.82 Å². The van der Waals surface area contributed by atoms with Gasteiger partial charge in [0, 0.05) is 42.0 Å². The molecule has 244 valence electrons. The van der Waals surface area contributed by atoms with Gasteiger partial charge in [-0.15, -0.1) is 0 Å². The first-order valence-corrected chi connectivity index (χ1v) is 14.2. The highest BCUT2D eigenvalue weighted by molar-refractivity contribution is 6.09. The summed E-state index contributed by atoms with van der Waals surface area (Å²) in [6, 6.07) is 4.61. The number of anilines is 1. The second kappa shape index (κ2) is 12.8. The number of nitrogens with one attached hydrogen (secondary N) is 1. The van der Waals surface area contributed by atoms with Gasteiger partial charge in [-0.05, 0) is 83.5 Å². The van der Waals surface area contributed by atoms with Gasteiger partial charge < -0.3 is 24.6 Å². The van der Waals surface area contributed by atoms with Crippen LogP contribution in [0.25, 0.3) is 10.8 Å². The van der Waals surface area contributed by atoms with Crippen LogP contribution in [0.1, 0.15) is 71.2 Å². The number of ether oxygens (including phenoxy) is 3. The molecule has 1 aromatic carbocycles. The lowest BCUT2D eigenvalue weighted by atomic mass is 9.88. The predicted octanol–water partition coefficient (Wildman–Crippen LogP) is 6.66. The van der Waals surface area contributed by atoms with Crippen molar-refractivity contribution in [2.75, 3.05) is 4.90 Å². The number of aliphatic hydroxyl groups excluding tert-OH is 1. The topological polar surface area (TPSA) is 123 Å². The number of rotatable bonds is 7. The van der Waals surface area contributed by atoms with Gasteiger partial charge in [-0.1, -0.05) is 0 Å². The monoisotopic (exact) mass is 636 g/mol. The number of pyridine rings is 2. The molecule has 0 bridgehead atoms. The first kappa shape index (κ1) is 33.8. The molecule has 1 saturated carbocycles. The number of hydrogen-bond acceptors (Lipinski definition) is 9. The molecule has 0 saturated heterocycles. The Hall–Kier alpha value is -4.04. The largest absolute Gasteiger partial charge is 0.490 e. The number of amides is 2. The number of imide groups is 1. The number of alkyl halides is 3. The van der Waals surface area contributed by atoms with Gasteiger partial charge in [0.2, 0.25) is 0 Å². The van der Waals surface area contributed by atoms with Gasteiger partial charge in [0.15, 0.2) is 0 Å². The molecule has 45 heavy (non-hydrogen) atoms. The minimum atomic E-state index is -4.59. The van der Waals surface area contributed by atoms with Gasteiger partial charge in [0.05, 0.1) is 6.61 Å². The number of hydrogen-bond donors (Lipinski definition) is 2. The van der Waals surface area contributed by atoms with Crippen LogP contribution in [0.15, 0.2) is 36.7 Å². The van der Waals surface area contributed by atoms with Crippen LogP contribution >= 0.6 is 0 Å². The van der Waals surface area contributed by atoms with Crippen molar-refractivity contribution in [3.05, 3.63) is 59.3 Å². The SMILES string of the molecule is CC(C)(C)OC(=O)N(C(=O)OC(C)(C)C)c1cc2c(CNC3CC(Oc4ccnc(C(F)(F)F)c4)C3)c(F)cc(CO)c2cn1. The van der Waals surface area contributed by atoms with Gasteiger partial charge in [-0.2, -0.15) is 18.1 Å². The van der Waals surface area contributed by atoms with E-state index < -0.39 is 47.7 Å². The minimum absolute atomic E-state index is 0.0151. The van der Waals surface area contributed by atoms with Crippen LogP contribution in [0.5, 0.6) is 5.75 Å². The lowest BCUT2D eigenvalue weighted by Crippen LogP contribution is -2.46. The molecule has 2 amide bonds. The molecule has 0 aliphatic heterocycles. The van der Waals surface area contributed by atoms with Crippen molar-refractivity contribution in [1.29, 1.82) is 0 Å². The van der Waals surface area contributed by atoms with Crippen molar-refractivity contribution in [3.63, 3.8) is 0 Å². The highest BCUT2D eigenvalue weighted by Crippen LogP contribution is 2.33. The zero-order chi connectivity index (χ0) is 33.3. The quantitative estimate of drug-likeness (QED) is 0.274. The van der Waals surface area contributed by atoms with Crippen LogP contribution in [0.4, 0.5) is 33.0 Å². The molecule has 2 heterocycles. The summed E-state index contributed by atoms with van der Waals surface area (Å²) in [5, 5.41) is 13.8. The molecule has 2 N–H and O–H groups in total. The summed E-state index contributed by atoms with van der Waals surface area (Å²) in [6.45, 7) is 9.31. The molecule has 0 spiro atoms. The third-order valence-electron chi connectivity index (χ3n) is 6.69. The van der Waals surface area contributed by atoms with Crippen molar-refractivity contribution < 1.29 is 46.5 Å². The van der Waals surface area contributed by atoms with Gasteiger partial charge in [-0.3, -0.25) is 4.98 Å². The Balaban J connectivity index is 1.57. The zero-order valence-corrected chi connectivity index (χ0v) is 25.8. The fourth-order valence-electron chi connectivity index (χ4n) is 4.61. The summed E-state index contributed by atoms with van der Waals surface area (Å²) in [5.41, 5.74) is -2.52. The number of fused-ring (bicyclic) bond motifs is 1. The maximum absolute atomic E-state index is 15.4. The summed E-state index contributed by atoms with van der Waals surface area (Å²) in [7, 11) is 0. The molecule has 4 rings (SSSR count). The lowest BCUT2D eigenvalue weighted by molar-refractivity contribution is -0.141. The smallest absolute Gasteiger partial charge is 0.433 e. The number of halogens is 4. The van der Waals surface area contributed by atoms with Crippen LogP contribution in [0.2, 0.25) is 0 Å². The minimum Gasteiger partial charge on any atom is -0.490 e. The summed E-state index contributed by atoms with van der Waals surface area (Å²) in [6.07, 6.45) is -3.75. The van der Waals surface area contributed by atoms with E-state index in [0.717, 1.165) is 12.3 Å². The number of benzene rings is 1. The van der Waals surface area contributed by atoms with E-state index >= 15 is 4.39 Å². The van der Waals surface area contributed by atoms with Crippen LogP contribution in [0.3, 0.4) is 0 Å². The summed E-state index contributed by atoms with van der Waals surface area (Å²) in [4.78, 5) is 34.5. The Morgan fingerprint density at radius 1 is 0.978 bits per heavy atom. The molecule has 1 aliphatic carbocycles. The second-order valence-electron chi connectivity index (χ2n) is 12.7. The molecule has 14 heteroatoms. The first-order valence-electron chi connectivity index (χ1n) is 14.2. The van der Waals surface area contributed by atoms with E-state index in [-0.39, 0.29) is 46.8 Å². The maximum Gasteiger partial charge on any atom is 0.433 e. The van der Waals surface area contributed by atoms with Crippen molar-refractivity contribution >= 4 is 28.8 Å². The average Bonchev–Trinajstić information content (AvgIpc) is 2.88. The number of carbonyl (C=O) groups is 2. The summed E-state index contributed by atoms with van der Waals surface area (Å²) >= 11 is 0. The number of nitrogens with zero attached hydrogens (tertiary/aromatic N) is 3. The van der Waals surface area contributed by atoms with E-state index in [4.69, 9.17) is 14.2 Å². The molecule has 0 radical (unpaired) electrons. The van der Waals surface area contributed by atoms with E-state index in [1.54, 1.807) is 41.5 Å². The highest BCUT2D eigenvalue weighted by Gasteiger charge is 2.36. The molecule has 3 aromatic rings. The summed E-state index contributed by atoms with van der Waals surface area (Å²) in [5.74, 6) is -0.757. The van der Waals surface area contributed by atoms with E-state index in [9.17, 15) is 27.9 Å². The standard InChI is InChI=1S/C31H36F4N4O6/c1-29(2,3)44-27(41)39(28(42)45-30(4,5)6)26-13-21-22(14-38-26)17(16-40)9-24(32)23(21)15-37-18-10-20(11-18)43-19-7-8-36-25(12-19)31(33,34)35/h7-9,12-14,18,20,37,40H,10-11,15-16H2,1-6H3. The third-order valence-corrected chi connectivity index (χ3v) is 6.69. The van der Waals surface area contributed by atoms with Gasteiger partial charge in [0.1, 0.15) is 40.4 Å². The number of aliphatic hydroxyl groups is 1. The van der Waals surface area contributed by atoms with Crippen molar-refractivity contribution in [2.24, 2.45) is 0 Å². The third kappa shape index (κ3) is 8.57. The summed E-state index contributed by atoms with van der Waals surface area (Å²) < 4.78 is 70.9. The Kier molecular flexibility index (Phi) is 9.59. The molecular formula is C31H36F4N4O6. The predicted molar refractivity (Wildman–Crippen MR) is 156 cm³/mol. The van der Waals surface area contributed by atoms with E-state index in [1.165, 1.54) is 24.4 Å². The average molecular weight is 637 g/mol. The molecule has 1 fully saturated rings. The lowest BCUT2D eigenvalue weighted by Gasteiger charge is -2.36. The van der Waals surface area contributed by atoms with Crippen molar-refractivity contribution in [1.82, 2.24) is 15.3 Å². The number of carbonyl (C=O) groups excluding carboxylic acids is 2. The fourth-order valence-corrected chi connectivity index (χ4v) is 4.61. The zero-order valence-electron chi connectivity index (χ0n) is 25.8. The maximum atomic E-state index is 15.4.